The molecule has 1 heterocycles. The maximum absolute atomic E-state index is 10.1. The maximum Gasteiger partial charge on any atom is 0.210 e. The van der Waals surface area contributed by atoms with Gasteiger partial charge < -0.3 is 4.42 Å². The highest BCUT2D eigenvalue weighted by Crippen LogP contribution is 2.09. The molecular formula is C9H11NO3. The number of nitro groups is 1. The van der Waals surface area contributed by atoms with Crippen molar-refractivity contribution in [1.82, 2.24) is 0 Å². The molecule has 0 saturated heterocycles. The first-order valence-electron chi connectivity index (χ1n) is 4.05. The minimum atomic E-state index is -0.349. The van der Waals surface area contributed by atoms with Crippen molar-refractivity contribution < 1.29 is 9.34 Å². The molecule has 13 heavy (non-hydrogen) atoms. The van der Waals surface area contributed by atoms with E-state index in [0.29, 0.717) is 12.2 Å². The van der Waals surface area contributed by atoms with E-state index in [1.54, 1.807) is 12.1 Å². The van der Waals surface area contributed by atoms with Crippen LogP contribution in [-0.2, 0) is 6.42 Å². The molecule has 0 fully saturated rings. The molecular weight excluding hydrogens is 170 g/mol. The second-order valence-corrected chi connectivity index (χ2v) is 2.61. The molecule has 0 saturated carbocycles. The zero-order valence-electron chi connectivity index (χ0n) is 7.40. The normalized spacial score (nSPS) is 10.8. The van der Waals surface area contributed by atoms with Gasteiger partial charge in [0.2, 0.25) is 6.54 Å². The summed E-state index contributed by atoms with van der Waals surface area (Å²) >= 11 is 0. The third-order valence-electron chi connectivity index (χ3n) is 1.55. The van der Waals surface area contributed by atoms with Gasteiger partial charge in [-0.3, -0.25) is 10.1 Å². The average molecular weight is 181 g/mol. The molecule has 0 N–H and O–H groups in total. The standard InChI is InChI=1S/C9H11NO3/c1-2-3-8-4-5-9(13-8)6-7-10(11)12/h2-5H,6-7H2,1H3/b3-2+. The maximum atomic E-state index is 10.1. The van der Waals surface area contributed by atoms with Crippen LogP contribution in [0, 0.1) is 10.1 Å². The molecule has 0 aliphatic rings. The van der Waals surface area contributed by atoms with E-state index in [9.17, 15) is 10.1 Å². The zero-order valence-corrected chi connectivity index (χ0v) is 7.40. The van der Waals surface area contributed by atoms with Gasteiger partial charge in [-0.15, -0.1) is 0 Å². The van der Waals surface area contributed by atoms with Crippen LogP contribution in [0.15, 0.2) is 22.6 Å². The first kappa shape index (κ1) is 9.51. The Morgan fingerprint density at radius 3 is 3.00 bits per heavy atom. The van der Waals surface area contributed by atoms with Crippen molar-refractivity contribution in [3.8, 4) is 0 Å². The number of hydrogen-bond acceptors (Lipinski definition) is 3. The van der Waals surface area contributed by atoms with E-state index < -0.39 is 0 Å². The van der Waals surface area contributed by atoms with Crippen molar-refractivity contribution in [1.29, 1.82) is 0 Å². The first-order valence-corrected chi connectivity index (χ1v) is 4.05. The lowest BCUT2D eigenvalue weighted by Crippen LogP contribution is -2.02. The third kappa shape index (κ3) is 3.11. The van der Waals surface area contributed by atoms with Crippen molar-refractivity contribution >= 4 is 6.08 Å². The van der Waals surface area contributed by atoms with Crippen LogP contribution in [0.2, 0.25) is 0 Å². The molecule has 1 aromatic rings. The zero-order chi connectivity index (χ0) is 9.68. The van der Waals surface area contributed by atoms with Crippen LogP contribution in [0.3, 0.4) is 0 Å². The average Bonchev–Trinajstić information content (AvgIpc) is 2.50. The Morgan fingerprint density at radius 2 is 2.38 bits per heavy atom. The summed E-state index contributed by atoms with van der Waals surface area (Å²) in [6.45, 7) is 1.81. The predicted molar refractivity (Wildman–Crippen MR) is 49.0 cm³/mol. The molecule has 1 aromatic heterocycles. The molecule has 4 nitrogen and oxygen atoms in total. The van der Waals surface area contributed by atoms with Gasteiger partial charge in [0, 0.05) is 4.92 Å². The molecule has 0 bridgehead atoms. The summed E-state index contributed by atoms with van der Waals surface area (Å²) < 4.78 is 5.28. The van der Waals surface area contributed by atoms with Crippen molar-refractivity contribution in [2.45, 2.75) is 13.3 Å². The second-order valence-electron chi connectivity index (χ2n) is 2.61. The number of allylic oxidation sites excluding steroid dienone is 1. The lowest BCUT2D eigenvalue weighted by molar-refractivity contribution is -0.479. The predicted octanol–water partition coefficient (Wildman–Crippen LogP) is 2.13. The molecule has 4 heteroatoms. The molecule has 0 spiro atoms. The first-order chi connectivity index (χ1) is 6.22. The Bertz CT molecular complexity index is 314. The van der Waals surface area contributed by atoms with Crippen LogP contribution >= 0.6 is 0 Å². The van der Waals surface area contributed by atoms with Crippen LogP contribution in [0.5, 0.6) is 0 Å². The largest absolute Gasteiger partial charge is 0.461 e. The molecule has 70 valence electrons. The molecule has 0 atom stereocenters. The summed E-state index contributed by atoms with van der Waals surface area (Å²) in [5.74, 6) is 1.39. The van der Waals surface area contributed by atoms with Gasteiger partial charge in [0.1, 0.15) is 11.5 Å². The van der Waals surface area contributed by atoms with E-state index >= 15 is 0 Å². The summed E-state index contributed by atoms with van der Waals surface area (Å²) in [4.78, 5) is 9.71. The van der Waals surface area contributed by atoms with Crippen LogP contribution in [0.25, 0.3) is 6.08 Å². The molecule has 1 rings (SSSR count). The number of nitrogens with zero attached hydrogens (tertiary/aromatic N) is 1. The van der Waals surface area contributed by atoms with Gasteiger partial charge in [0.25, 0.3) is 0 Å². The Balaban J connectivity index is 2.53. The molecule has 0 radical (unpaired) electrons. The highest BCUT2D eigenvalue weighted by Gasteiger charge is 2.03. The fourth-order valence-corrected chi connectivity index (χ4v) is 0.984. The number of rotatable bonds is 4. The minimum absolute atomic E-state index is 0.0806. The van der Waals surface area contributed by atoms with Crippen LogP contribution in [0.1, 0.15) is 18.4 Å². The molecule has 0 amide bonds. The van der Waals surface area contributed by atoms with Crippen molar-refractivity contribution in [3.63, 3.8) is 0 Å². The van der Waals surface area contributed by atoms with Gasteiger partial charge in [0.15, 0.2) is 0 Å². The summed E-state index contributed by atoms with van der Waals surface area (Å²) in [6, 6.07) is 3.56. The van der Waals surface area contributed by atoms with Crippen molar-refractivity contribution in [3.05, 3.63) is 39.8 Å². The van der Waals surface area contributed by atoms with Gasteiger partial charge in [0.05, 0.1) is 6.42 Å². The van der Waals surface area contributed by atoms with Gasteiger partial charge in [-0.2, -0.15) is 0 Å². The summed E-state index contributed by atoms with van der Waals surface area (Å²) in [5, 5.41) is 10.1. The molecule has 0 unspecified atom stereocenters. The Hall–Kier alpha value is -1.58. The fourth-order valence-electron chi connectivity index (χ4n) is 0.984. The van der Waals surface area contributed by atoms with E-state index in [1.165, 1.54) is 0 Å². The summed E-state index contributed by atoms with van der Waals surface area (Å²) in [5.41, 5.74) is 0. The monoisotopic (exact) mass is 181 g/mol. The van der Waals surface area contributed by atoms with Gasteiger partial charge >= 0.3 is 0 Å². The molecule has 0 aromatic carbocycles. The SMILES string of the molecule is C/C=C/c1ccc(CC[N+](=O)[O-])o1. The van der Waals surface area contributed by atoms with E-state index in [1.807, 2.05) is 19.1 Å². The van der Waals surface area contributed by atoms with Gasteiger partial charge in [-0.05, 0) is 25.1 Å². The third-order valence-corrected chi connectivity index (χ3v) is 1.55. The summed E-state index contributed by atoms with van der Waals surface area (Å²) in [7, 11) is 0. The lowest BCUT2D eigenvalue weighted by atomic mass is 10.3. The number of hydrogen-bond donors (Lipinski definition) is 0. The highest BCUT2D eigenvalue weighted by atomic mass is 16.6. The van der Waals surface area contributed by atoms with E-state index in [-0.39, 0.29) is 11.5 Å². The Morgan fingerprint density at radius 1 is 1.62 bits per heavy atom. The van der Waals surface area contributed by atoms with Crippen LogP contribution < -0.4 is 0 Å². The summed E-state index contributed by atoms with van der Waals surface area (Å²) in [6.07, 6.45) is 4.02. The molecule has 0 aliphatic heterocycles. The molecule has 0 aliphatic carbocycles. The second kappa shape index (κ2) is 4.45. The van der Waals surface area contributed by atoms with Gasteiger partial charge in [-0.25, -0.2) is 0 Å². The quantitative estimate of drug-likeness (QED) is 0.528. The van der Waals surface area contributed by atoms with E-state index in [0.717, 1.165) is 5.76 Å². The lowest BCUT2D eigenvalue weighted by Gasteiger charge is -1.90. The van der Waals surface area contributed by atoms with Crippen LogP contribution in [-0.4, -0.2) is 11.5 Å². The van der Waals surface area contributed by atoms with Crippen molar-refractivity contribution in [2.24, 2.45) is 0 Å². The van der Waals surface area contributed by atoms with Crippen LogP contribution in [0.4, 0.5) is 0 Å². The van der Waals surface area contributed by atoms with E-state index in [2.05, 4.69) is 0 Å². The topological polar surface area (TPSA) is 56.3 Å². The Labute approximate surface area is 76.0 Å². The van der Waals surface area contributed by atoms with Gasteiger partial charge in [-0.1, -0.05) is 6.08 Å². The van der Waals surface area contributed by atoms with Crippen molar-refractivity contribution in [2.75, 3.05) is 6.54 Å². The Kier molecular flexibility index (Phi) is 3.25. The number of furan rings is 1. The smallest absolute Gasteiger partial charge is 0.210 e. The minimum Gasteiger partial charge on any atom is -0.461 e. The fraction of sp³-hybridized carbons (Fsp3) is 0.333. The highest BCUT2D eigenvalue weighted by molar-refractivity contribution is 5.42. The van der Waals surface area contributed by atoms with E-state index in [4.69, 9.17) is 4.42 Å².